The number of nitrogens with one attached hydrogen (secondary N) is 1. The normalized spacial score (nSPS) is 10.3. The number of hydrogen-bond acceptors (Lipinski definition) is 3. The van der Waals surface area contributed by atoms with Gasteiger partial charge in [0.15, 0.2) is 11.5 Å². The van der Waals surface area contributed by atoms with Crippen LogP contribution in [0.15, 0.2) is 36.4 Å². The van der Waals surface area contributed by atoms with Gasteiger partial charge in [0.25, 0.3) is 0 Å². The molecule has 0 aromatic heterocycles. The molecule has 3 nitrogen and oxygen atoms in total. The van der Waals surface area contributed by atoms with Crippen LogP contribution in [0.3, 0.4) is 0 Å². The van der Waals surface area contributed by atoms with Gasteiger partial charge in [0.1, 0.15) is 0 Å². The number of methoxy groups -OCH3 is 1. The quantitative estimate of drug-likeness (QED) is 0.857. The third kappa shape index (κ3) is 3.69. The lowest BCUT2D eigenvalue weighted by atomic mass is 10.1. The first-order valence-corrected chi connectivity index (χ1v) is 7.25. The Bertz CT molecular complexity index is 588. The summed E-state index contributed by atoms with van der Waals surface area (Å²) >= 11 is 0. The van der Waals surface area contributed by atoms with Crippen LogP contribution in [0.25, 0.3) is 0 Å². The van der Waals surface area contributed by atoms with Crippen molar-refractivity contribution >= 4 is 5.69 Å². The van der Waals surface area contributed by atoms with Gasteiger partial charge in [-0.15, -0.1) is 0 Å². The van der Waals surface area contributed by atoms with E-state index in [9.17, 15) is 0 Å². The van der Waals surface area contributed by atoms with E-state index < -0.39 is 0 Å². The molecule has 0 unspecified atom stereocenters. The van der Waals surface area contributed by atoms with Gasteiger partial charge in [0.2, 0.25) is 0 Å². The number of ether oxygens (including phenoxy) is 2. The van der Waals surface area contributed by atoms with Crippen LogP contribution in [0.1, 0.15) is 23.6 Å². The Balaban J connectivity index is 2.15. The molecule has 1 N–H and O–H groups in total. The predicted octanol–water partition coefficient (Wildman–Crippen LogP) is 4.32. The fraction of sp³-hybridized carbons (Fsp3) is 0.333. The van der Waals surface area contributed by atoms with Crippen LogP contribution in [0.2, 0.25) is 0 Å². The summed E-state index contributed by atoms with van der Waals surface area (Å²) in [6, 6.07) is 12.4. The van der Waals surface area contributed by atoms with Crippen molar-refractivity contribution in [3.8, 4) is 11.5 Å². The molecule has 0 saturated heterocycles. The predicted molar refractivity (Wildman–Crippen MR) is 87.4 cm³/mol. The van der Waals surface area contributed by atoms with Gasteiger partial charge < -0.3 is 14.8 Å². The van der Waals surface area contributed by atoms with Crippen LogP contribution in [-0.2, 0) is 6.54 Å². The van der Waals surface area contributed by atoms with E-state index in [2.05, 4.69) is 43.4 Å². The molecule has 2 aromatic carbocycles. The highest BCUT2D eigenvalue weighted by molar-refractivity contribution is 5.57. The van der Waals surface area contributed by atoms with Crippen LogP contribution in [0.4, 0.5) is 5.69 Å². The number of para-hydroxylation sites is 1. The number of aryl methyl sites for hydroxylation is 2. The van der Waals surface area contributed by atoms with Crippen molar-refractivity contribution in [3.05, 3.63) is 53.1 Å². The third-order valence-corrected chi connectivity index (χ3v) is 3.48. The fourth-order valence-corrected chi connectivity index (χ4v) is 2.38. The molecule has 0 spiro atoms. The van der Waals surface area contributed by atoms with Crippen molar-refractivity contribution in [2.45, 2.75) is 27.3 Å². The average molecular weight is 285 g/mol. The van der Waals surface area contributed by atoms with E-state index in [1.165, 1.54) is 22.4 Å². The average Bonchev–Trinajstić information content (AvgIpc) is 2.47. The minimum absolute atomic E-state index is 0.629. The van der Waals surface area contributed by atoms with Gasteiger partial charge >= 0.3 is 0 Å². The molecule has 0 amide bonds. The molecule has 0 heterocycles. The highest BCUT2D eigenvalue weighted by Crippen LogP contribution is 2.28. The van der Waals surface area contributed by atoms with Gasteiger partial charge in [-0.25, -0.2) is 0 Å². The summed E-state index contributed by atoms with van der Waals surface area (Å²) in [4.78, 5) is 0. The smallest absolute Gasteiger partial charge is 0.161 e. The van der Waals surface area contributed by atoms with Gasteiger partial charge in [-0.05, 0) is 49.6 Å². The maximum Gasteiger partial charge on any atom is 0.161 e. The van der Waals surface area contributed by atoms with Crippen molar-refractivity contribution < 1.29 is 9.47 Å². The topological polar surface area (TPSA) is 30.5 Å². The minimum atomic E-state index is 0.629. The molecule has 2 rings (SSSR count). The van der Waals surface area contributed by atoms with Gasteiger partial charge in [-0.2, -0.15) is 0 Å². The molecule has 0 aliphatic rings. The van der Waals surface area contributed by atoms with Crippen LogP contribution in [0.5, 0.6) is 11.5 Å². The molecule has 0 bridgehead atoms. The first-order valence-electron chi connectivity index (χ1n) is 7.25. The Labute approximate surface area is 126 Å². The summed E-state index contributed by atoms with van der Waals surface area (Å²) in [6.07, 6.45) is 0. The van der Waals surface area contributed by atoms with Gasteiger partial charge in [-0.1, -0.05) is 24.3 Å². The van der Waals surface area contributed by atoms with Gasteiger partial charge in [-0.3, -0.25) is 0 Å². The maximum absolute atomic E-state index is 5.62. The van der Waals surface area contributed by atoms with E-state index in [0.29, 0.717) is 6.61 Å². The summed E-state index contributed by atoms with van der Waals surface area (Å²) < 4.78 is 10.9. The highest BCUT2D eigenvalue weighted by Gasteiger charge is 2.06. The lowest BCUT2D eigenvalue weighted by molar-refractivity contribution is 0.310. The van der Waals surface area contributed by atoms with Crippen molar-refractivity contribution in [2.24, 2.45) is 0 Å². The molecule has 3 heteroatoms. The summed E-state index contributed by atoms with van der Waals surface area (Å²) in [6.45, 7) is 7.60. The number of anilines is 1. The van der Waals surface area contributed by atoms with E-state index in [-0.39, 0.29) is 0 Å². The zero-order chi connectivity index (χ0) is 15.2. The van der Waals surface area contributed by atoms with Crippen LogP contribution in [-0.4, -0.2) is 13.7 Å². The number of hydrogen-bond donors (Lipinski definition) is 1. The molecule has 2 aromatic rings. The second-order valence-electron chi connectivity index (χ2n) is 5.04. The fourth-order valence-electron chi connectivity index (χ4n) is 2.38. The molecule has 0 saturated carbocycles. The van der Waals surface area contributed by atoms with Crippen molar-refractivity contribution in [1.82, 2.24) is 0 Å². The van der Waals surface area contributed by atoms with E-state index >= 15 is 0 Å². The summed E-state index contributed by atoms with van der Waals surface area (Å²) in [5, 5.41) is 3.51. The van der Waals surface area contributed by atoms with E-state index in [1.54, 1.807) is 7.11 Å². The largest absolute Gasteiger partial charge is 0.493 e. The first-order chi connectivity index (χ1) is 10.2. The standard InChI is InChI=1S/C18H23NO2/c1-5-21-17-11-15(9-10-16(17)20-4)12-19-18-13(2)7-6-8-14(18)3/h6-11,19H,5,12H2,1-4H3. The SMILES string of the molecule is CCOc1cc(CNc2c(C)cccc2C)ccc1OC. The van der Waals surface area contributed by atoms with E-state index in [1.807, 2.05) is 19.1 Å². The lowest BCUT2D eigenvalue weighted by Gasteiger charge is -2.14. The zero-order valence-corrected chi connectivity index (χ0v) is 13.2. The monoisotopic (exact) mass is 285 g/mol. The molecule has 0 atom stereocenters. The molecular formula is C18H23NO2. The lowest BCUT2D eigenvalue weighted by Crippen LogP contribution is -2.04. The van der Waals surface area contributed by atoms with E-state index in [0.717, 1.165) is 18.0 Å². The second-order valence-corrected chi connectivity index (χ2v) is 5.04. The molecule has 21 heavy (non-hydrogen) atoms. The van der Waals surface area contributed by atoms with Gasteiger partial charge in [0, 0.05) is 12.2 Å². The molecule has 0 radical (unpaired) electrons. The summed E-state index contributed by atoms with van der Waals surface area (Å²) in [5.41, 5.74) is 4.88. The molecule has 0 aliphatic heterocycles. The van der Waals surface area contributed by atoms with Gasteiger partial charge in [0.05, 0.1) is 13.7 Å². The summed E-state index contributed by atoms with van der Waals surface area (Å²) in [5.74, 6) is 1.56. The molecule has 112 valence electrons. The van der Waals surface area contributed by atoms with Crippen molar-refractivity contribution in [3.63, 3.8) is 0 Å². The molecule has 0 fully saturated rings. The van der Waals surface area contributed by atoms with Crippen molar-refractivity contribution in [2.75, 3.05) is 19.0 Å². The third-order valence-electron chi connectivity index (χ3n) is 3.48. The van der Waals surface area contributed by atoms with Crippen LogP contribution < -0.4 is 14.8 Å². The zero-order valence-electron chi connectivity index (χ0n) is 13.2. The highest BCUT2D eigenvalue weighted by atomic mass is 16.5. The summed E-state index contributed by atoms with van der Waals surface area (Å²) in [7, 11) is 1.66. The maximum atomic E-state index is 5.62. The van der Waals surface area contributed by atoms with Crippen LogP contribution >= 0.6 is 0 Å². The Hall–Kier alpha value is -2.16. The van der Waals surface area contributed by atoms with E-state index in [4.69, 9.17) is 9.47 Å². The Kier molecular flexibility index (Phi) is 5.09. The first kappa shape index (κ1) is 15.2. The minimum Gasteiger partial charge on any atom is -0.493 e. The number of rotatable bonds is 6. The molecule has 0 aliphatic carbocycles. The van der Waals surface area contributed by atoms with Crippen molar-refractivity contribution in [1.29, 1.82) is 0 Å². The van der Waals surface area contributed by atoms with Crippen LogP contribution in [0, 0.1) is 13.8 Å². The Morgan fingerprint density at radius 1 is 1.00 bits per heavy atom. The second kappa shape index (κ2) is 7.02. The Morgan fingerprint density at radius 2 is 1.71 bits per heavy atom. The number of benzene rings is 2. The Morgan fingerprint density at radius 3 is 2.33 bits per heavy atom. The molecular weight excluding hydrogens is 262 g/mol.